The number of pyridine rings is 1. The van der Waals surface area contributed by atoms with Crippen molar-refractivity contribution in [2.45, 2.75) is 0 Å². The lowest BCUT2D eigenvalue weighted by molar-refractivity contribution is 0.414. The topological polar surface area (TPSA) is 78.8 Å². The number of nitrogens with zero attached hydrogens (tertiary/aromatic N) is 4. The predicted molar refractivity (Wildman–Crippen MR) is 75.6 cm³/mol. The number of rotatable bonds is 3. The summed E-state index contributed by atoms with van der Waals surface area (Å²) in [6, 6.07) is 13.0. The van der Waals surface area contributed by atoms with Crippen LogP contribution in [0, 0.1) is 0 Å². The third-order valence-electron chi connectivity index (χ3n) is 2.91. The van der Waals surface area contributed by atoms with Crippen molar-refractivity contribution >= 4 is 5.82 Å². The van der Waals surface area contributed by atoms with Gasteiger partial charge in [0, 0.05) is 12.3 Å². The number of aromatic nitrogens is 4. The summed E-state index contributed by atoms with van der Waals surface area (Å²) in [5.74, 6) is 1.17. The molecule has 2 aromatic heterocycles. The summed E-state index contributed by atoms with van der Waals surface area (Å²) in [4.78, 5) is 4.23. The van der Waals surface area contributed by atoms with Crippen LogP contribution in [0.2, 0.25) is 0 Å². The van der Waals surface area contributed by atoms with Gasteiger partial charge in [-0.1, -0.05) is 17.3 Å². The fraction of sp³-hybridized carbons (Fsp3) is 0.0714. The molecule has 6 heteroatoms. The van der Waals surface area contributed by atoms with E-state index in [0.717, 1.165) is 11.4 Å². The van der Waals surface area contributed by atoms with Crippen LogP contribution in [-0.2, 0) is 0 Å². The standard InChI is InChI=1S/C14H13N5O/c1-20-11-6-4-5-10(9-11)19-14(15)13(17-18-19)12-7-2-3-8-16-12/h2-9H,15H2,1H3. The minimum atomic E-state index is 0.442. The van der Waals surface area contributed by atoms with Gasteiger partial charge in [-0.15, -0.1) is 5.10 Å². The molecular weight excluding hydrogens is 254 g/mol. The Kier molecular flexibility index (Phi) is 3.04. The van der Waals surface area contributed by atoms with Gasteiger partial charge in [-0.2, -0.15) is 4.68 Å². The van der Waals surface area contributed by atoms with Gasteiger partial charge in [0.1, 0.15) is 5.75 Å². The average Bonchev–Trinajstić information content (AvgIpc) is 2.90. The summed E-state index contributed by atoms with van der Waals surface area (Å²) in [7, 11) is 1.61. The second-order valence-corrected chi connectivity index (χ2v) is 4.15. The van der Waals surface area contributed by atoms with E-state index in [4.69, 9.17) is 10.5 Å². The molecule has 0 aliphatic heterocycles. The maximum atomic E-state index is 6.12. The molecule has 0 atom stereocenters. The molecule has 0 saturated heterocycles. The number of nitrogen functional groups attached to an aromatic ring is 1. The Morgan fingerprint density at radius 3 is 2.80 bits per heavy atom. The van der Waals surface area contributed by atoms with Crippen molar-refractivity contribution in [2.24, 2.45) is 0 Å². The van der Waals surface area contributed by atoms with Crippen LogP contribution in [0.5, 0.6) is 5.75 Å². The number of hydrogen-bond acceptors (Lipinski definition) is 5. The molecule has 0 aliphatic rings. The molecule has 3 rings (SSSR count). The molecule has 0 aliphatic carbocycles. The molecule has 0 spiro atoms. The monoisotopic (exact) mass is 267 g/mol. The van der Waals surface area contributed by atoms with E-state index in [-0.39, 0.29) is 0 Å². The van der Waals surface area contributed by atoms with Crippen molar-refractivity contribution < 1.29 is 4.74 Å². The second kappa shape index (κ2) is 5.00. The molecule has 2 N–H and O–H groups in total. The first-order valence-corrected chi connectivity index (χ1v) is 6.06. The van der Waals surface area contributed by atoms with Crippen LogP contribution in [0.15, 0.2) is 48.7 Å². The van der Waals surface area contributed by atoms with Crippen molar-refractivity contribution in [1.82, 2.24) is 20.0 Å². The zero-order valence-corrected chi connectivity index (χ0v) is 10.9. The van der Waals surface area contributed by atoms with Crippen LogP contribution < -0.4 is 10.5 Å². The Labute approximate surface area is 115 Å². The van der Waals surface area contributed by atoms with E-state index < -0.39 is 0 Å². The number of hydrogen-bond donors (Lipinski definition) is 1. The van der Waals surface area contributed by atoms with Gasteiger partial charge in [-0.25, -0.2) is 0 Å². The summed E-state index contributed by atoms with van der Waals surface area (Å²) in [5, 5.41) is 8.19. The van der Waals surface area contributed by atoms with Crippen LogP contribution in [0.1, 0.15) is 0 Å². The second-order valence-electron chi connectivity index (χ2n) is 4.15. The smallest absolute Gasteiger partial charge is 0.157 e. The molecular formula is C14H13N5O. The van der Waals surface area contributed by atoms with Crippen LogP contribution in [-0.4, -0.2) is 27.1 Å². The molecule has 20 heavy (non-hydrogen) atoms. The zero-order chi connectivity index (χ0) is 13.9. The molecule has 0 radical (unpaired) electrons. The Balaban J connectivity index is 2.06. The van der Waals surface area contributed by atoms with E-state index in [1.165, 1.54) is 0 Å². The molecule has 3 aromatic rings. The Morgan fingerprint density at radius 2 is 2.05 bits per heavy atom. The van der Waals surface area contributed by atoms with Gasteiger partial charge in [-0.05, 0) is 24.3 Å². The highest BCUT2D eigenvalue weighted by molar-refractivity contribution is 5.67. The quantitative estimate of drug-likeness (QED) is 0.784. The van der Waals surface area contributed by atoms with Gasteiger partial charge in [0.25, 0.3) is 0 Å². The van der Waals surface area contributed by atoms with Gasteiger partial charge in [0.2, 0.25) is 0 Å². The molecule has 6 nitrogen and oxygen atoms in total. The Morgan fingerprint density at radius 1 is 1.15 bits per heavy atom. The molecule has 0 bridgehead atoms. The summed E-state index contributed by atoms with van der Waals surface area (Å²) in [6.07, 6.45) is 1.69. The largest absolute Gasteiger partial charge is 0.497 e. The van der Waals surface area contributed by atoms with Gasteiger partial charge >= 0.3 is 0 Å². The molecule has 1 aromatic carbocycles. The fourth-order valence-electron chi connectivity index (χ4n) is 1.91. The van der Waals surface area contributed by atoms with E-state index in [2.05, 4.69) is 15.3 Å². The number of anilines is 1. The molecule has 0 saturated carbocycles. The van der Waals surface area contributed by atoms with Crippen molar-refractivity contribution in [3.8, 4) is 22.8 Å². The van der Waals surface area contributed by atoms with Crippen molar-refractivity contribution in [2.75, 3.05) is 12.8 Å². The normalized spacial score (nSPS) is 10.4. The molecule has 0 fully saturated rings. The third kappa shape index (κ3) is 2.07. The van der Waals surface area contributed by atoms with E-state index in [0.29, 0.717) is 17.2 Å². The zero-order valence-electron chi connectivity index (χ0n) is 10.9. The van der Waals surface area contributed by atoms with Crippen molar-refractivity contribution in [3.05, 3.63) is 48.7 Å². The van der Waals surface area contributed by atoms with Crippen LogP contribution in [0.3, 0.4) is 0 Å². The maximum Gasteiger partial charge on any atom is 0.157 e. The summed E-state index contributed by atoms with van der Waals surface area (Å²) in [5.41, 5.74) is 8.16. The minimum absolute atomic E-state index is 0.442. The van der Waals surface area contributed by atoms with Gasteiger partial charge in [0.05, 0.1) is 18.5 Å². The third-order valence-corrected chi connectivity index (χ3v) is 2.91. The minimum Gasteiger partial charge on any atom is -0.497 e. The van der Waals surface area contributed by atoms with E-state index in [1.807, 2.05) is 42.5 Å². The van der Waals surface area contributed by atoms with Crippen molar-refractivity contribution in [1.29, 1.82) is 0 Å². The molecule has 0 amide bonds. The number of benzene rings is 1. The number of methoxy groups -OCH3 is 1. The lowest BCUT2D eigenvalue weighted by atomic mass is 10.2. The highest BCUT2D eigenvalue weighted by atomic mass is 16.5. The molecule has 2 heterocycles. The maximum absolute atomic E-state index is 6.12. The van der Waals surface area contributed by atoms with Crippen LogP contribution in [0.4, 0.5) is 5.82 Å². The molecule has 0 unspecified atom stereocenters. The van der Waals surface area contributed by atoms with Gasteiger partial charge < -0.3 is 10.5 Å². The van der Waals surface area contributed by atoms with E-state index in [9.17, 15) is 0 Å². The highest BCUT2D eigenvalue weighted by Gasteiger charge is 2.13. The summed E-state index contributed by atoms with van der Waals surface area (Å²) < 4.78 is 6.76. The fourth-order valence-corrected chi connectivity index (χ4v) is 1.91. The van der Waals surface area contributed by atoms with Crippen molar-refractivity contribution in [3.63, 3.8) is 0 Å². The average molecular weight is 267 g/mol. The first-order valence-electron chi connectivity index (χ1n) is 6.06. The van der Waals surface area contributed by atoms with Crippen LogP contribution in [0.25, 0.3) is 17.1 Å². The Hall–Kier alpha value is -2.89. The number of ether oxygens (including phenoxy) is 1. The lowest BCUT2D eigenvalue weighted by Crippen LogP contribution is -2.02. The summed E-state index contributed by atoms with van der Waals surface area (Å²) >= 11 is 0. The highest BCUT2D eigenvalue weighted by Crippen LogP contribution is 2.24. The Bertz CT molecular complexity index is 723. The van der Waals surface area contributed by atoms with Gasteiger partial charge in [-0.3, -0.25) is 4.98 Å². The lowest BCUT2D eigenvalue weighted by Gasteiger charge is -2.05. The first-order chi connectivity index (χ1) is 9.79. The SMILES string of the molecule is COc1cccc(-n2nnc(-c3ccccn3)c2N)c1. The number of nitrogens with two attached hydrogens (primary N) is 1. The van der Waals surface area contributed by atoms with Gasteiger partial charge in [0.15, 0.2) is 11.5 Å². The summed E-state index contributed by atoms with van der Waals surface area (Å²) in [6.45, 7) is 0. The predicted octanol–water partition coefficient (Wildman–Crippen LogP) is 1.92. The molecule has 100 valence electrons. The van der Waals surface area contributed by atoms with Crippen LogP contribution >= 0.6 is 0 Å². The van der Waals surface area contributed by atoms with E-state index >= 15 is 0 Å². The van der Waals surface area contributed by atoms with E-state index in [1.54, 1.807) is 18.0 Å². The first kappa shape index (κ1) is 12.2.